The summed E-state index contributed by atoms with van der Waals surface area (Å²) < 4.78 is 5.16. The first-order chi connectivity index (χ1) is 7.81. The van der Waals surface area contributed by atoms with Gasteiger partial charge in [-0.1, -0.05) is 0 Å². The topological polar surface area (TPSA) is 47.0 Å². The van der Waals surface area contributed by atoms with Crippen molar-refractivity contribution in [3.63, 3.8) is 0 Å². The second-order valence-electron chi connectivity index (χ2n) is 3.27. The second-order valence-corrected chi connectivity index (χ2v) is 4.21. The van der Waals surface area contributed by atoms with Crippen molar-refractivity contribution in [2.75, 3.05) is 12.4 Å². The van der Waals surface area contributed by atoms with Crippen molar-refractivity contribution in [1.29, 1.82) is 0 Å². The molecule has 2 aromatic heterocycles. The molecular weight excluding hydrogens is 222 g/mol. The quantitative estimate of drug-likeness (QED) is 0.884. The fourth-order valence-electron chi connectivity index (χ4n) is 1.36. The Morgan fingerprint density at radius 1 is 1.44 bits per heavy atom. The fourth-order valence-corrected chi connectivity index (χ4v) is 2.08. The summed E-state index contributed by atoms with van der Waals surface area (Å²) in [6, 6.07) is 3.83. The SMILES string of the molecule is COc1ncccc1NCc1scnc1C. The molecule has 0 radical (unpaired) electrons. The number of nitrogens with zero attached hydrogens (tertiary/aromatic N) is 2. The zero-order valence-corrected chi connectivity index (χ0v) is 10.0. The minimum absolute atomic E-state index is 0.615. The van der Waals surface area contributed by atoms with Crippen LogP contribution in [0, 0.1) is 6.92 Å². The van der Waals surface area contributed by atoms with E-state index in [4.69, 9.17) is 4.74 Å². The van der Waals surface area contributed by atoms with E-state index in [2.05, 4.69) is 15.3 Å². The van der Waals surface area contributed by atoms with E-state index < -0.39 is 0 Å². The average Bonchev–Trinajstić information content (AvgIpc) is 2.72. The van der Waals surface area contributed by atoms with E-state index in [-0.39, 0.29) is 0 Å². The molecule has 5 heteroatoms. The number of aryl methyl sites for hydroxylation is 1. The first-order valence-corrected chi connectivity index (χ1v) is 5.81. The Labute approximate surface area is 98.3 Å². The molecule has 0 saturated heterocycles. The fraction of sp³-hybridized carbons (Fsp3) is 0.273. The lowest BCUT2D eigenvalue weighted by atomic mass is 10.3. The van der Waals surface area contributed by atoms with Gasteiger partial charge in [0.05, 0.1) is 30.5 Å². The molecule has 4 nitrogen and oxygen atoms in total. The smallest absolute Gasteiger partial charge is 0.237 e. The minimum atomic E-state index is 0.615. The van der Waals surface area contributed by atoms with E-state index in [0.29, 0.717) is 5.88 Å². The summed E-state index contributed by atoms with van der Waals surface area (Å²) in [6.45, 7) is 2.76. The second kappa shape index (κ2) is 4.94. The standard InChI is InChI=1S/C11H13N3OS/c1-8-10(16-7-14-8)6-13-9-4-3-5-12-11(9)15-2/h3-5,7,13H,6H2,1-2H3. The number of anilines is 1. The number of rotatable bonds is 4. The Bertz CT molecular complexity index is 470. The Hall–Kier alpha value is -1.62. The highest BCUT2D eigenvalue weighted by Gasteiger charge is 2.04. The summed E-state index contributed by atoms with van der Waals surface area (Å²) >= 11 is 1.65. The predicted octanol–water partition coefficient (Wildman–Crippen LogP) is 2.47. The van der Waals surface area contributed by atoms with Gasteiger partial charge in [-0.2, -0.15) is 0 Å². The van der Waals surface area contributed by atoms with E-state index in [1.165, 1.54) is 4.88 Å². The first kappa shape index (κ1) is 10.9. The number of thiazole rings is 1. The zero-order chi connectivity index (χ0) is 11.4. The average molecular weight is 235 g/mol. The van der Waals surface area contributed by atoms with E-state index in [9.17, 15) is 0 Å². The van der Waals surface area contributed by atoms with Gasteiger partial charge in [-0.3, -0.25) is 0 Å². The van der Waals surface area contributed by atoms with Gasteiger partial charge in [0, 0.05) is 11.1 Å². The van der Waals surface area contributed by atoms with Crippen LogP contribution < -0.4 is 10.1 Å². The lowest BCUT2D eigenvalue weighted by molar-refractivity contribution is 0.399. The highest BCUT2D eigenvalue weighted by atomic mass is 32.1. The highest BCUT2D eigenvalue weighted by molar-refractivity contribution is 7.09. The molecular formula is C11H13N3OS. The van der Waals surface area contributed by atoms with Crippen molar-refractivity contribution < 1.29 is 4.74 Å². The molecule has 0 aromatic carbocycles. The number of aromatic nitrogens is 2. The van der Waals surface area contributed by atoms with Crippen molar-refractivity contribution in [3.8, 4) is 5.88 Å². The van der Waals surface area contributed by atoms with Gasteiger partial charge in [0.2, 0.25) is 5.88 Å². The number of ether oxygens (including phenoxy) is 1. The van der Waals surface area contributed by atoms with E-state index in [0.717, 1.165) is 17.9 Å². The van der Waals surface area contributed by atoms with Crippen molar-refractivity contribution >= 4 is 17.0 Å². The molecule has 16 heavy (non-hydrogen) atoms. The van der Waals surface area contributed by atoms with E-state index >= 15 is 0 Å². The lowest BCUT2D eigenvalue weighted by Crippen LogP contribution is -2.02. The number of hydrogen-bond donors (Lipinski definition) is 1. The molecule has 0 atom stereocenters. The van der Waals surface area contributed by atoms with Crippen LogP contribution in [0.25, 0.3) is 0 Å². The number of pyridine rings is 1. The third-order valence-electron chi connectivity index (χ3n) is 2.25. The van der Waals surface area contributed by atoms with Gasteiger partial charge in [0.15, 0.2) is 0 Å². The summed E-state index contributed by atoms with van der Waals surface area (Å²) in [6.07, 6.45) is 1.71. The molecule has 0 bridgehead atoms. The molecule has 0 fully saturated rings. The third kappa shape index (κ3) is 2.30. The minimum Gasteiger partial charge on any atom is -0.480 e. The van der Waals surface area contributed by atoms with Crippen molar-refractivity contribution in [2.45, 2.75) is 13.5 Å². The molecule has 2 rings (SSSR count). The van der Waals surface area contributed by atoms with Crippen molar-refractivity contribution in [2.24, 2.45) is 0 Å². The molecule has 0 amide bonds. The first-order valence-electron chi connectivity index (χ1n) is 4.93. The largest absolute Gasteiger partial charge is 0.480 e. The zero-order valence-electron chi connectivity index (χ0n) is 9.23. The Kier molecular flexibility index (Phi) is 3.36. The number of methoxy groups -OCH3 is 1. The molecule has 0 saturated carbocycles. The summed E-state index contributed by atoms with van der Waals surface area (Å²) in [5.74, 6) is 0.615. The van der Waals surface area contributed by atoms with Crippen LogP contribution in [0.5, 0.6) is 5.88 Å². The Morgan fingerprint density at radius 3 is 3.00 bits per heavy atom. The van der Waals surface area contributed by atoms with E-state index in [1.807, 2.05) is 24.6 Å². The van der Waals surface area contributed by atoms with Gasteiger partial charge in [0.25, 0.3) is 0 Å². The summed E-state index contributed by atoms with van der Waals surface area (Å²) in [7, 11) is 1.62. The third-order valence-corrected chi connectivity index (χ3v) is 3.18. The molecule has 0 aliphatic carbocycles. The molecule has 0 spiro atoms. The normalized spacial score (nSPS) is 10.1. The highest BCUT2D eigenvalue weighted by Crippen LogP contribution is 2.22. The van der Waals surface area contributed by atoms with Gasteiger partial charge >= 0.3 is 0 Å². The number of nitrogens with one attached hydrogen (secondary N) is 1. The monoisotopic (exact) mass is 235 g/mol. The molecule has 0 aliphatic heterocycles. The lowest BCUT2D eigenvalue weighted by Gasteiger charge is -2.08. The summed E-state index contributed by atoms with van der Waals surface area (Å²) in [4.78, 5) is 9.55. The molecule has 0 unspecified atom stereocenters. The van der Waals surface area contributed by atoms with Crippen LogP contribution in [-0.4, -0.2) is 17.1 Å². The van der Waals surface area contributed by atoms with Gasteiger partial charge in [-0.05, 0) is 19.1 Å². The van der Waals surface area contributed by atoms with Crippen molar-refractivity contribution in [1.82, 2.24) is 9.97 Å². The molecule has 84 valence electrons. The van der Waals surface area contributed by atoms with Gasteiger partial charge < -0.3 is 10.1 Å². The molecule has 2 aromatic rings. The van der Waals surface area contributed by atoms with Gasteiger partial charge in [-0.25, -0.2) is 9.97 Å². The Balaban J connectivity index is 2.07. The maximum atomic E-state index is 5.16. The molecule has 2 heterocycles. The van der Waals surface area contributed by atoms with Crippen LogP contribution in [0.15, 0.2) is 23.8 Å². The maximum Gasteiger partial charge on any atom is 0.237 e. The van der Waals surface area contributed by atoms with Gasteiger partial charge in [-0.15, -0.1) is 11.3 Å². The number of hydrogen-bond acceptors (Lipinski definition) is 5. The van der Waals surface area contributed by atoms with Crippen molar-refractivity contribution in [3.05, 3.63) is 34.4 Å². The maximum absolute atomic E-state index is 5.16. The van der Waals surface area contributed by atoms with Crippen LogP contribution in [0.4, 0.5) is 5.69 Å². The van der Waals surface area contributed by atoms with Crippen LogP contribution >= 0.6 is 11.3 Å². The predicted molar refractivity (Wildman–Crippen MR) is 65.0 cm³/mol. The Morgan fingerprint density at radius 2 is 2.31 bits per heavy atom. The molecule has 0 aliphatic rings. The van der Waals surface area contributed by atoms with Crippen LogP contribution in [0.1, 0.15) is 10.6 Å². The van der Waals surface area contributed by atoms with Gasteiger partial charge in [0.1, 0.15) is 0 Å². The van der Waals surface area contributed by atoms with E-state index in [1.54, 1.807) is 24.6 Å². The molecule has 1 N–H and O–H groups in total. The van der Waals surface area contributed by atoms with Crippen LogP contribution in [0.3, 0.4) is 0 Å². The summed E-state index contributed by atoms with van der Waals surface area (Å²) in [5.41, 5.74) is 3.82. The summed E-state index contributed by atoms with van der Waals surface area (Å²) in [5, 5.41) is 3.29. The van der Waals surface area contributed by atoms with Crippen LogP contribution in [-0.2, 0) is 6.54 Å². The van der Waals surface area contributed by atoms with Crippen LogP contribution in [0.2, 0.25) is 0 Å².